The van der Waals surface area contributed by atoms with Crippen LogP contribution in [0.1, 0.15) is 12.5 Å². The normalized spacial score (nSPS) is 12.5. The number of hydrogen-bond acceptors (Lipinski definition) is 2. The molecule has 3 heteroatoms. The fourth-order valence-electron chi connectivity index (χ4n) is 1.14. The Morgan fingerprint density at radius 1 is 1.62 bits per heavy atom. The number of nitrogens with two attached hydrogens (primary N) is 1. The molecule has 0 radical (unpaired) electrons. The van der Waals surface area contributed by atoms with Gasteiger partial charge in [0.15, 0.2) is 0 Å². The summed E-state index contributed by atoms with van der Waals surface area (Å²) in [6.07, 6.45) is 1.48. The zero-order chi connectivity index (χ0) is 9.84. The number of anilines is 1. The molecule has 13 heavy (non-hydrogen) atoms. The van der Waals surface area contributed by atoms with Crippen LogP contribution in [0.25, 0.3) is 0 Å². The lowest BCUT2D eigenvalue weighted by molar-refractivity contribution is -0.110. The van der Waals surface area contributed by atoms with E-state index in [1.54, 1.807) is 12.1 Å². The SMILES string of the molecule is CC(C=O)Cc1ccc(F)c(N)c1. The molecule has 2 nitrogen and oxygen atoms in total. The Kier molecular flexibility index (Phi) is 3.01. The van der Waals surface area contributed by atoms with Gasteiger partial charge in [0.2, 0.25) is 0 Å². The van der Waals surface area contributed by atoms with E-state index in [2.05, 4.69) is 0 Å². The summed E-state index contributed by atoms with van der Waals surface area (Å²) >= 11 is 0. The van der Waals surface area contributed by atoms with Crippen molar-refractivity contribution in [3.8, 4) is 0 Å². The average Bonchev–Trinajstić information content (AvgIpc) is 2.11. The van der Waals surface area contributed by atoms with Crippen LogP contribution >= 0.6 is 0 Å². The molecule has 1 unspecified atom stereocenters. The Balaban J connectivity index is 2.79. The Hall–Kier alpha value is -1.38. The highest BCUT2D eigenvalue weighted by Gasteiger charge is 2.04. The fraction of sp³-hybridized carbons (Fsp3) is 0.300. The topological polar surface area (TPSA) is 43.1 Å². The smallest absolute Gasteiger partial charge is 0.146 e. The third-order valence-electron chi connectivity index (χ3n) is 1.85. The first kappa shape index (κ1) is 9.71. The maximum atomic E-state index is 12.7. The molecule has 1 aromatic carbocycles. The zero-order valence-corrected chi connectivity index (χ0v) is 7.46. The summed E-state index contributed by atoms with van der Waals surface area (Å²) in [5, 5.41) is 0. The monoisotopic (exact) mass is 181 g/mol. The molecule has 0 heterocycles. The van der Waals surface area contributed by atoms with E-state index in [0.717, 1.165) is 11.8 Å². The van der Waals surface area contributed by atoms with Gasteiger partial charge in [-0.2, -0.15) is 0 Å². The quantitative estimate of drug-likeness (QED) is 0.570. The molecule has 70 valence electrons. The van der Waals surface area contributed by atoms with Gasteiger partial charge in [0, 0.05) is 5.92 Å². The van der Waals surface area contributed by atoms with E-state index in [0.29, 0.717) is 6.42 Å². The predicted molar refractivity (Wildman–Crippen MR) is 49.7 cm³/mol. The molecule has 0 aromatic heterocycles. The summed E-state index contributed by atoms with van der Waals surface area (Å²) in [7, 11) is 0. The maximum Gasteiger partial charge on any atom is 0.146 e. The molecule has 1 rings (SSSR count). The number of carbonyl (C=O) groups is 1. The van der Waals surface area contributed by atoms with Crippen molar-refractivity contribution in [3.63, 3.8) is 0 Å². The highest BCUT2D eigenvalue weighted by atomic mass is 19.1. The molecular formula is C10H12FNO. The van der Waals surface area contributed by atoms with Crippen LogP contribution in [-0.2, 0) is 11.2 Å². The highest BCUT2D eigenvalue weighted by Crippen LogP contribution is 2.14. The van der Waals surface area contributed by atoms with Gasteiger partial charge in [-0.25, -0.2) is 4.39 Å². The van der Waals surface area contributed by atoms with Crippen LogP contribution in [0.4, 0.5) is 10.1 Å². The lowest BCUT2D eigenvalue weighted by atomic mass is 10.0. The Labute approximate surface area is 76.6 Å². The van der Waals surface area contributed by atoms with Crippen molar-refractivity contribution in [3.05, 3.63) is 29.6 Å². The summed E-state index contributed by atoms with van der Waals surface area (Å²) in [5.41, 5.74) is 6.40. The van der Waals surface area contributed by atoms with Crippen LogP contribution in [-0.4, -0.2) is 6.29 Å². The predicted octanol–water partition coefficient (Wildman–Crippen LogP) is 1.79. The van der Waals surface area contributed by atoms with Crippen LogP contribution in [0.5, 0.6) is 0 Å². The zero-order valence-electron chi connectivity index (χ0n) is 7.46. The van der Waals surface area contributed by atoms with E-state index < -0.39 is 5.82 Å². The molecule has 0 aliphatic carbocycles. The van der Waals surface area contributed by atoms with Crippen LogP contribution in [0.3, 0.4) is 0 Å². The number of aldehydes is 1. The minimum Gasteiger partial charge on any atom is -0.396 e. The Morgan fingerprint density at radius 2 is 2.31 bits per heavy atom. The van der Waals surface area contributed by atoms with Gasteiger partial charge >= 0.3 is 0 Å². The van der Waals surface area contributed by atoms with Crippen molar-refractivity contribution in [1.29, 1.82) is 0 Å². The fourth-order valence-corrected chi connectivity index (χ4v) is 1.14. The molecule has 0 aliphatic heterocycles. The van der Waals surface area contributed by atoms with Gasteiger partial charge < -0.3 is 10.5 Å². The highest BCUT2D eigenvalue weighted by molar-refractivity contribution is 5.54. The first-order valence-corrected chi connectivity index (χ1v) is 4.12. The second-order valence-electron chi connectivity index (χ2n) is 3.17. The Morgan fingerprint density at radius 3 is 2.85 bits per heavy atom. The van der Waals surface area contributed by atoms with Crippen LogP contribution < -0.4 is 5.73 Å². The molecule has 0 fully saturated rings. The minimum atomic E-state index is -0.414. The molecule has 1 atom stereocenters. The largest absolute Gasteiger partial charge is 0.396 e. The molecular weight excluding hydrogens is 169 g/mol. The van der Waals surface area contributed by atoms with E-state index in [-0.39, 0.29) is 11.6 Å². The number of hydrogen-bond donors (Lipinski definition) is 1. The molecule has 0 bridgehead atoms. The van der Waals surface area contributed by atoms with E-state index in [1.807, 2.05) is 6.92 Å². The molecule has 1 aromatic rings. The lowest BCUT2D eigenvalue weighted by Gasteiger charge is -2.04. The second kappa shape index (κ2) is 4.03. The molecule has 0 amide bonds. The number of halogens is 1. The van der Waals surface area contributed by atoms with Gasteiger partial charge in [-0.1, -0.05) is 13.0 Å². The van der Waals surface area contributed by atoms with E-state index in [9.17, 15) is 9.18 Å². The Bertz CT molecular complexity index is 312. The molecule has 0 saturated heterocycles. The molecule has 0 spiro atoms. The third kappa shape index (κ3) is 2.54. The maximum absolute atomic E-state index is 12.7. The first-order chi connectivity index (χ1) is 6.13. The van der Waals surface area contributed by atoms with E-state index in [4.69, 9.17) is 5.73 Å². The average molecular weight is 181 g/mol. The van der Waals surface area contributed by atoms with Crippen molar-refractivity contribution < 1.29 is 9.18 Å². The minimum absolute atomic E-state index is 0.0511. The number of benzene rings is 1. The lowest BCUT2D eigenvalue weighted by Crippen LogP contribution is -2.01. The first-order valence-electron chi connectivity index (χ1n) is 4.12. The van der Waals surface area contributed by atoms with Crippen molar-refractivity contribution in [1.82, 2.24) is 0 Å². The van der Waals surface area contributed by atoms with Crippen molar-refractivity contribution in [2.75, 3.05) is 5.73 Å². The van der Waals surface area contributed by atoms with Crippen LogP contribution in [0, 0.1) is 11.7 Å². The van der Waals surface area contributed by atoms with Gasteiger partial charge in [-0.3, -0.25) is 0 Å². The van der Waals surface area contributed by atoms with Crippen LogP contribution in [0.2, 0.25) is 0 Å². The van der Waals surface area contributed by atoms with Crippen molar-refractivity contribution >= 4 is 12.0 Å². The summed E-state index contributed by atoms with van der Waals surface area (Å²) in [6.45, 7) is 1.81. The molecule has 0 aliphatic rings. The number of carbonyl (C=O) groups excluding carboxylic acids is 1. The van der Waals surface area contributed by atoms with Gasteiger partial charge in [0.25, 0.3) is 0 Å². The summed E-state index contributed by atoms with van der Waals surface area (Å²) in [5.74, 6) is -0.465. The van der Waals surface area contributed by atoms with Crippen LogP contribution in [0.15, 0.2) is 18.2 Å². The number of nitrogen functional groups attached to an aromatic ring is 1. The van der Waals surface area contributed by atoms with Gasteiger partial charge in [-0.05, 0) is 24.1 Å². The molecule has 2 N–H and O–H groups in total. The molecule has 0 saturated carbocycles. The van der Waals surface area contributed by atoms with Gasteiger partial charge in [-0.15, -0.1) is 0 Å². The van der Waals surface area contributed by atoms with Gasteiger partial charge in [0.1, 0.15) is 12.1 Å². The van der Waals surface area contributed by atoms with Crippen molar-refractivity contribution in [2.45, 2.75) is 13.3 Å². The summed E-state index contributed by atoms with van der Waals surface area (Å²) < 4.78 is 12.7. The van der Waals surface area contributed by atoms with Gasteiger partial charge in [0.05, 0.1) is 5.69 Å². The third-order valence-corrected chi connectivity index (χ3v) is 1.85. The summed E-state index contributed by atoms with van der Waals surface area (Å²) in [6, 6.07) is 4.53. The standard InChI is InChI=1S/C10H12FNO/c1-7(6-13)4-8-2-3-9(11)10(12)5-8/h2-3,5-7H,4,12H2,1H3. The van der Waals surface area contributed by atoms with E-state index >= 15 is 0 Å². The second-order valence-corrected chi connectivity index (χ2v) is 3.17. The number of rotatable bonds is 3. The van der Waals surface area contributed by atoms with E-state index in [1.165, 1.54) is 6.07 Å². The summed E-state index contributed by atoms with van der Waals surface area (Å²) in [4.78, 5) is 10.4. The van der Waals surface area contributed by atoms with Crippen molar-refractivity contribution in [2.24, 2.45) is 5.92 Å².